The maximum atomic E-state index is 13.5. The van der Waals surface area contributed by atoms with Gasteiger partial charge in [0.15, 0.2) is 11.0 Å². The third kappa shape index (κ3) is 5.00. The van der Waals surface area contributed by atoms with E-state index < -0.39 is 5.25 Å². The van der Waals surface area contributed by atoms with Crippen LogP contribution in [0.4, 0.5) is 5.69 Å². The van der Waals surface area contributed by atoms with Crippen LogP contribution in [0.2, 0.25) is 0 Å². The third-order valence-electron chi connectivity index (χ3n) is 5.34. The number of benzene rings is 2. The molecule has 170 valence electrons. The Balaban J connectivity index is 1.69. The van der Waals surface area contributed by atoms with Gasteiger partial charge in [-0.1, -0.05) is 48.2 Å². The minimum Gasteiger partial charge on any atom is -0.310 e. The minimum absolute atomic E-state index is 0.0868. The number of carbonyl (C=O) groups is 1. The number of aryl methyl sites for hydroxylation is 1. The first-order chi connectivity index (χ1) is 16.6. The number of carbonyl (C=O) groups excluding carboxylic acids is 1. The van der Waals surface area contributed by atoms with Crippen molar-refractivity contribution in [3.8, 4) is 23.1 Å². The van der Waals surface area contributed by atoms with Crippen molar-refractivity contribution < 1.29 is 4.79 Å². The summed E-state index contributed by atoms with van der Waals surface area (Å²) in [4.78, 5) is 19.2. The Kier molecular flexibility index (Phi) is 7.35. The molecule has 0 spiro atoms. The van der Waals surface area contributed by atoms with E-state index in [2.05, 4.69) is 21.3 Å². The molecule has 7 nitrogen and oxygen atoms in total. The minimum atomic E-state index is -0.448. The fraction of sp³-hybridized carbons (Fsp3) is 0.192. The van der Waals surface area contributed by atoms with Crippen LogP contribution in [0.5, 0.6) is 0 Å². The summed E-state index contributed by atoms with van der Waals surface area (Å²) in [6.07, 6.45) is 3.69. The summed E-state index contributed by atoms with van der Waals surface area (Å²) in [7, 11) is 0. The van der Waals surface area contributed by atoms with Crippen LogP contribution in [0.25, 0.3) is 17.1 Å². The van der Waals surface area contributed by atoms with Gasteiger partial charge in [-0.2, -0.15) is 5.26 Å². The van der Waals surface area contributed by atoms with Crippen LogP contribution in [-0.4, -0.2) is 37.5 Å². The van der Waals surface area contributed by atoms with Crippen molar-refractivity contribution in [2.75, 3.05) is 11.4 Å². The number of pyridine rings is 1. The number of hydrogen-bond acceptors (Lipinski definition) is 6. The average molecular weight is 469 g/mol. The molecule has 1 atom stereocenters. The number of anilines is 1. The second kappa shape index (κ2) is 10.8. The normalized spacial score (nSPS) is 11.6. The van der Waals surface area contributed by atoms with Crippen molar-refractivity contribution in [2.45, 2.75) is 30.7 Å². The molecule has 0 radical (unpaired) electrons. The van der Waals surface area contributed by atoms with E-state index in [1.165, 1.54) is 11.8 Å². The molecular weight excluding hydrogens is 444 g/mol. The molecule has 8 heteroatoms. The van der Waals surface area contributed by atoms with Crippen LogP contribution in [-0.2, 0) is 4.79 Å². The van der Waals surface area contributed by atoms with Crippen LogP contribution in [0.1, 0.15) is 18.9 Å². The maximum Gasteiger partial charge on any atom is 0.240 e. The molecule has 2 aromatic carbocycles. The van der Waals surface area contributed by atoms with Crippen LogP contribution in [0.3, 0.4) is 0 Å². The molecule has 4 rings (SSSR count). The highest BCUT2D eigenvalue weighted by atomic mass is 32.2. The Hall–Kier alpha value is -3.96. The number of thioether (sulfide) groups is 1. The smallest absolute Gasteiger partial charge is 0.240 e. The monoisotopic (exact) mass is 468 g/mol. The Labute approximate surface area is 203 Å². The fourth-order valence-corrected chi connectivity index (χ4v) is 4.55. The van der Waals surface area contributed by atoms with Gasteiger partial charge in [0, 0.05) is 30.2 Å². The molecule has 0 bridgehead atoms. The van der Waals surface area contributed by atoms with Gasteiger partial charge in [0.1, 0.15) is 0 Å². The van der Waals surface area contributed by atoms with Gasteiger partial charge in [0.25, 0.3) is 0 Å². The highest BCUT2D eigenvalue weighted by Crippen LogP contribution is 2.32. The van der Waals surface area contributed by atoms with Crippen molar-refractivity contribution in [2.24, 2.45) is 0 Å². The number of amides is 1. The highest BCUT2D eigenvalue weighted by Gasteiger charge is 2.26. The zero-order chi connectivity index (χ0) is 23.9. The van der Waals surface area contributed by atoms with Crippen LogP contribution < -0.4 is 4.90 Å². The van der Waals surface area contributed by atoms with E-state index in [9.17, 15) is 4.79 Å². The topological polar surface area (TPSA) is 87.7 Å². The molecular formula is C26H24N6OS. The summed E-state index contributed by atoms with van der Waals surface area (Å²) in [6.45, 7) is 4.23. The predicted molar refractivity (Wildman–Crippen MR) is 134 cm³/mol. The maximum absolute atomic E-state index is 13.5. The SMILES string of the molecule is Cc1ccccc1-n1c(SC(C)C(=O)N(CCC#N)c2ccccc2)nnc1-c1ccncc1. The molecule has 0 saturated carbocycles. The number of rotatable bonds is 8. The summed E-state index contributed by atoms with van der Waals surface area (Å²) >= 11 is 1.35. The van der Waals surface area contributed by atoms with Gasteiger partial charge in [0.2, 0.25) is 5.91 Å². The van der Waals surface area contributed by atoms with Crippen LogP contribution in [0.15, 0.2) is 84.3 Å². The van der Waals surface area contributed by atoms with E-state index >= 15 is 0 Å². The number of hydrogen-bond donors (Lipinski definition) is 0. The number of nitrogens with zero attached hydrogens (tertiary/aromatic N) is 6. The molecule has 0 aliphatic rings. The van der Waals surface area contributed by atoms with E-state index in [1.807, 2.05) is 85.1 Å². The standard InChI is InChI=1S/C26H24N6OS/c1-19-9-6-7-12-23(19)32-24(21-13-16-28-17-14-21)29-30-26(32)34-20(2)25(33)31(18-8-15-27)22-10-4-3-5-11-22/h3-7,9-14,16-17,20H,8,18H2,1-2H3. The van der Waals surface area contributed by atoms with Crippen molar-refractivity contribution in [1.29, 1.82) is 5.26 Å². The Morgan fingerprint density at radius 2 is 1.76 bits per heavy atom. The summed E-state index contributed by atoms with van der Waals surface area (Å²) in [6, 6.07) is 23.4. The molecule has 34 heavy (non-hydrogen) atoms. The van der Waals surface area contributed by atoms with Crippen molar-refractivity contribution >= 4 is 23.4 Å². The molecule has 0 saturated heterocycles. The van der Waals surface area contributed by atoms with E-state index in [0.717, 1.165) is 22.5 Å². The zero-order valence-electron chi connectivity index (χ0n) is 19.0. The summed E-state index contributed by atoms with van der Waals surface area (Å²) in [5, 5.41) is 18.2. The zero-order valence-corrected chi connectivity index (χ0v) is 19.8. The molecule has 1 unspecified atom stereocenters. The van der Waals surface area contributed by atoms with Gasteiger partial charge in [-0.05, 0) is 49.7 Å². The molecule has 0 aliphatic carbocycles. The Morgan fingerprint density at radius 1 is 1.06 bits per heavy atom. The van der Waals surface area contributed by atoms with Crippen molar-refractivity contribution in [1.82, 2.24) is 19.7 Å². The first kappa shape index (κ1) is 23.2. The lowest BCUT2D eigenvalue weighted by Crippen LogP contribution is -2.37. The first-order valence-corrected chi connectivity index (χ1v) is 11.8. The number of aromatic nitrogens is 4. The fourth-order valence-electron chi connectivity index (χ4n) is 3.63. The van der Waals surface area contributed by atoms with Crippen LogP contribution >= 0.6 is 11.8 Å². The van der Waals surface area contributed by atoms with Crippen LogP contribution in [0, 0.1) is 18.3 Å². The Morgan fingerprint density at radius 3 is 2.47 bits per heavy atom. The van der Waals surface area contributed by atoms with E-state index in [-0.39, 0.29) is 12.3 Å². The first-order valence-electron chi connectivity index (χ1n) is 10.9. The molecule has 2 aromatic heterocycles. The van der Waals surface area contributed by atoms with Gasteiger partial charge in [-0.3, -0.25) is 14.3 Å². The number of para-hydroxylation sites is 2. The van der Waals surface area contributed by atoms with Gasteiger partial charge >= 0.3 is 0 Å². The van der Waals surface area contributed by atoms with E-state index in [4.69, 9.17) is 5.26 Å². The lowest BCUT2D eigenvalue weighted by atomic mass is 10.2. The summed E-state index contributed by atoms with van der Waals surface area (Å²) in [5.74, 6) is 0.597. The molecule has 0 aliphatic heterocycles. The third-order valence-corrected chi connectivity index (χ3v) is 6.37. The summed E-state index contributed by atoms with van der Waals surface area (Å²) in [5.41, 5.74) is 3.67. The predicted octanol–water partition coefficient (Wildman–Crippen LogP) is 5.07. The van der Waals surface area contributed by atoms with Crippen molar-refractivity contribution in [3.63, 3.8) is 0 Å². The second-order valence-corrected chi connectivity index (χ2v) is 8.97. The number of nitriles is 1. The second-order valence-electron chi connectivity index (χ2n) is 7.66. The molecule has 4 aromatic rings. The lowest BCUT2D eigenvalue weighted by molar-refractivity contribution is -0.117. The average Bonchev–Trinajstić information content (AvgIpc) is 3.28. The van der Waals surface area contributed by atoms with Gasteiger partial charge in [-0.15, -0.1) is 10.2 Å². The largest absolute Gasteiger partial charge is 0.310 e. The highest BCUT2D eigenvalue weighted by molar-refractivity contribution is 8.00. The molecule has 2 heterocycles. The van der Waals surface area contributed by atoms with Gasteiger partial charge < -0.3 is 4.90 Å². The summed E-state index contributed by atoms with van der Waals surface area (Å²) < 4.78 is 1.99. The lowest BCUT2D eigenvalue weighted by Gasteiger charge is -2.25. The van der Waals surface area contributed by atoms with E-state index in [0.29, 0.717) is 17.5 Å². The van der Waals surface area contributed by atoms with Gasteiger partial charge in [-0.25, -0.2) is 0 Å². The Bertz CT molecular complexity index is 1300. The molecule has 0 N–H and O–H groups in total. The van der Waals surface area contributed by atoms with E-state index in [1.54, 1.807) is 17.3 Å². The molecule has 0 fully saturated rings. The van der Waals surface area contributed by atoms with Gasteiger partial charge in [0.05, 0.1) is 23.4 Å². The quantitative estimate of drug-likeness (QED) is 0.336. The van der Waals surface area contributed by atoms with Crippen molar-refractivity contribution in [3.05, 3.63) is 84.7 Å². The molecule has 1 amide bonds.